The minimum Gasteiger partial charge on any atom is -0.396 e. The molecule has 1 aliphatic rings. The lowest BCUT2D eigenvalue weighted by Crippen LogP contribution is -2.51. The molecule has 3 N–H and O–H groups in total. The first kappa shape index (κ1) is 14.3. The molecule has 0 aromatic heterocycles. The number of halogens is 1. The van der Waals surface area contributed by atoms with E-state index in [1.54, 1.807) is 0 Å². The van der Waals surface area contributed by atoms with Gasteiger partial charge in [-0.15, -0.1) is 0 Å². The third-order valence-electron chi connectivity index (χ3n) is 3.60. The Hall–Kier alpha value is -2.11. The van der Waals surface area contributed by atoms with Crippen molar-refractivity contribution in [1.29, 1.82) is 0 Å². The molecule has 1 atom stereocenters. The highest BCUT2D eigenvalue weighted by atomic mass is 19.1. The Labute approximate surface area is 116 Å². The number of nitrogens with zero attached hydrogens (tertiary/aromatic N) is 1. The van der Waals surface area contributed by atoms with Gasteiger partial charge in [-0.05, 0) is 31.4 Å². The fourth-order valence-corrected chi connectivity index (χ4v) is 2.49. The number of hydrogen-bond donors (Lipinski definition) is 2. The van der Waals surface area contributed by atoms with Crippen molar-refractivity contribution in [2.45, 2.75) is 25.3 Å². The van der Waals surface area contributed by atoms with E-state index in [-0.39, 0.29) is 17.2 Å². The van der Waals surface area contributed by atoms with Gasteiger partial charge in [-0.25, -0.2) is 4.39 Å². The van der Waals surface area contributed by atoms with Crippen LogP contribution in [0.3, 0.4) is 0 Å². The Bertz CT molecular complexity index is 533. The second-order valence-electron chi connectivity index (χ2n) is 4.83. The van der Waals surface area contributed by atoms with Crippen molar-refractivity contribution in [2.75, 3.05) is 19.3 Å². The summed E-state index contributed by atoms with van der Waals surface area (Å²) >= 11 is 0. The molecule has 0 saturated carbocycles. The summed E-state index contributed by atoms with van der Waals surface area (Å²) in [5.74, 6) is -1.22. The SMILES string of the molecule is CNC(=O)C1CCCCN1C(=O)c1cccc(F)c1N. The number of nitrogen functional groups attached to an aromatic ring is 1. The zero-order valence-electron chi connectivity index (χ0n) is 11.4. The first-order valence-electron chi connectivity index (χ1n) is 6.62. The third kappa shape index (κ3) is 2.59. The maximum absolute atomic E-state index is 13.5. The monoisotopic (exact) mass is 279 g/mol. The van der Waals surface area contributed by atoms with Gasteiger partial charge in [0, 0.05) is 13.6 Å². The molecular weight excluding hydrogens is 261 g/mol. The molecule has 0 aliphatic carbocycles. The Morgan fingerprint density at radius 3 is 2.85 bits per heavy atom. The van der Waals surface area contributed by atoms with Gasteiger partial charge in [0.05, 0.1) is 11.3 Å². The fourth-order valence-electron chi connectivity index (χ4n) is 2.49. The van der Waals surface area contributed by atoms with Crippen LogP contribution in [0.15, 0.2) is 18.2 Å². The van der Waals surface area contributed by atoms with Gasteiger partial charge in [0.15, 0.2) is 0 Å². The Morgan fingerprint density at radius 1 is 1.40 bits per heavy atom. The van der Waals surface area contributed by atoms with Crippen LogP contribution in [0.25, 0.3) is 0 Å². The average molecular weight is 279 g/mol. The predicted molar refractivity (Wildman–Crippen MR) is 73.6 cm³/mol. The van der Waals surface area contributed by atoms with Crippen LogP contribution in [0.4, 0.5) is 10.1 Å². The van der Waals surface area contributed by atoms with Crippen LogP contribution in [0.2, 0.25) is 0 Å². The number of nitrogens with two attached hydrogens (primary N) is 1. The minimum atomic E-state index is -0.621. The predicted octanol–water partition coefficient (Wildman–Crippen LogP) is 1.15. The molecule has 1 unspecified atom stereocenters. The molecule has 2 amide bonds. The molecule has 1 saturated heterocycles. The molecule has 2 rings (SSSR count). The van der Waals surface area contributed by atoms with Crippen molar-refractivity contribution in [1.82, 2.24) is 10.2 Å². The lowest BCUT2D eigenvalue weighted by atomic mass is 9.99. The van der Waals surface area contributed by atoms with Gasteiger partial charge in [-0.2, -0.15) is 0 Å². The maximum atomic E-state index is 13.5. The summed E-state index contributed by atoms with van der Waals surface area (Å²) in [6.45, 7) is 0.479. The lowest BCUT2D eigenvalue weighted by Gasteiger charge is -2.34. The first-order chi connectivity index (χ1) is 9.56. The van der Waals surface area contributed by atoms with Crippen LogP contribution in [0.1, 0.15) is 29.6 Å². The quantitative estimate of drug-likeness (QED) is 0.797. The van der Waals surface area contributed by atoms with Crippen molar-refractivity contribution < 1.29 is 14.0 Å². The Balaban J connectivity index is 2.30. The van der Waals surface area contributed by atoms with E-state index in [0.29, 0.717) is 13.0 Å². The third-order valence-corrected chi connectivity index (χ3v) is 3.60. The average Bonchev–Trinajstić information content (AvgIpc) is 2.48. The van der Waals surface area contributed by atoms with Gasteiger partial charge in [-0.1, -0.05) is 6.07 Å². The van der Waals surface area contributed by atoms with Gasteiger partial charge in [0.1, 0.15) is 11.9 Å². The number of benzene rings is 1. The number of amides is 2. The van der Waals surface area contributed by atoms with E-state index in [0.717, 1.165) is 12.8 Å². The summed E-state index contributed by atoms with van der Waals surface area (Å²) in [6, 6.07) is 3.62. The summed E-state index contributed by atoms with van der Waals surface area (Å²) in [7, 11) is 1.54. The second-order valence-corrected chi connectivity index (χ2v) is 4.83. The van der Waals surface area contributed by atoms with Gasteiger partial charge < -0.3 is 16.0 Å². The van der Waals surface area contributed by atoms with Gasteiger partial charge >= 0.3 is 0 Å². The number of piperidine rings is 1. The van der Waals surface area contributed by atoms with Crippen LogP contribution in [-0.4, -0.2) is 36.3 Å². The summed E-state index contributed by atoms with van der Waals surface area (Å²) in [5.41, 5.74) is 5.57. The van der Waals surface area contributed by atoms with Crippen molar-refractivity contribution in [3.05, 3.63) is 29.6 Å². The number of carbonyl (C=O) groups excluding carboxylic acids is 2. The van der Waals surface area contributed by atoms with Gasteiger partial charge in [0.2, 0.25) is 5.91 Å². The highest BCUT2D eigenvalue weighted by Crippen LogP contribution is 2.23. The smallest absolute Gasteiger partial charge is 0.256 e. The Morgan fingerprint density at radius 2 is 2.15 bits per heavy atom. The molecule has 0 bridgehead atoms. The molecule has 6 heteroatoms. The van der Waals surface area contributed by atoms with Crippen LogP contribution in [0, 0.1) is 5.82 Å². The van der Waals surface area contributed by atoms with Gasteiger partial charge in [0.25, 0.3) is 5.91 Å². The molecule has 1 aromatic rings. The van der Waals surface area contributed by atoms with E-state index in [9.17, 15) is 14.0 Å². The zero-order valence-corrected chi connectivity index (χ0v) is 11.4. The van der Waals surface area contributed by atoms with Crippen LogP contribution in [-0.2, 0) is 4.79 Å². The second kappa shape index (κ2) is 5.90. The molecule has 1 aromatic carbocycles. The molecule has 108 valence electrons. The number of nitrogens with one attached hydrogen (secondary N) is 1. The molecule has 5 nitrogen and oxygen atoms in total. The van der Waals surface area contributed by atoms with E-state index < -0.39 is 17.8 Å². The summed E-state index contributed by atoms with van der Waals surface area (Å²) in [5, 5.41) is 2.56. The molecule has 0 radical (unpaired) electrons. The van der Waals surface area contributed by atoms with Crippen molar-refractivity contribution >= 4 is 17.5 Å². The summed E-state index contributed by atoms with van der Waals surface area (Å²) in [6.07, 6.45) is 2.33. The largest absolute Gasteiger partial charge is 0.396 e. The number of rotatable bonds is 2. The van der Waals surface area contributed by atoms with E-state index in [2.05, 4.69) is 5.32 Å². The molecular formula is C14H18FN3O2. The number of likely N-dealkylation sites (tertiary alicyclic amines) is 1. The van der Waals surface area contributed by atoms with Gasteiger partial charge in [-0.3, -0.25) is 9.59 Å². The zero-order chi connectivity index (χ0) is 14.7. The number of carbonyl (C=O) groups is 2. The maximum Gasteiger partial charge on any atom is 0.256 e. The fraction of sp³-hybridized carbons (Fsp3) is 0.429. The highest BCUT2D eigenvalue weighted by Gasteiger charge is 2.32. The molecule has 1 aliphatic heterocycles. The highest BCUT2D eigenvalue weighted by molar-refractivity contribution is 6.01. The number of hydrogen-bond acceptors (Lipinski definition) is 3. The first-order valence-corrected chi connectivity index (χ1v) is 6.62. The van der Waals surface area contributed by atoms with Crippen LogP contribution in [0.5, 0.6) is 0 Å². The summed E-state index contributed by atoms with van der Waals surface area (Å²) < 4.78 is 13.5. The van der Waals surface area contributed by atoms with E-state index in [1.807, 2.05) is 0 Å². The van der Waals surface area contributed by atoms with Crippen molar-refractivity contribution in [3.8, 4) is 0 Å². The summed E-state index contributed by atoms with van der Waals surface area (Å²) in [4.78, 5) is 25.8. The normalized spacial score (nSPS) is 18.7. The molecule has 1 fully saturated rings. The van der Waals surface area contributed by atoms with Crippen LogP contribution >= 0.6 is 0 Å². The van der Waals surface area contributed by atoms with E-state index in [1.165, 1.54) is 30.1 Å². The van der Waals surface area contributed by atoms with E-state index in [4.69, 9.17) is 5.73 Å². The van der Waals surface area contributed by atoms with Crippen molar-refractivity contribution in [2.24, 2.45) is 0 Å². The van der Waals surface area contributed by atoms with E-state index >= 15 is 0 Å². The molecule has 0 spiro atoms. The minimum absolute atomic E-state index is 0.112. The molecule has 1 heterocycles. The molecule has 20 heavy (non-hydrogen) atoms. The topological polar surface area (TPSA) is 75.4 Å². The number of anilines is 1. The lowest BCUT2D eigenvalue weighted by molar-refractivity contribution is -0.126. The van der Waals surface area contributed by atoms with Crippen molar-refractivity contribution in [3.63, 3.8) is 0 Å². The number of para-hydroxylation sites is 1. The Kier molecular flexibility index (Phi) is 4.22. The number of likely N-dealkylation sites (N-methyl/N-ethyl adjacent to an activating group) is 1. The van der Waals surface area contributed by atoms with Crippen LogP contribution < -0.4 is 11.1 Å². The standard InChI is InChI=1S/C14H18FN3O2/c1-17-13(19)11-7-2-3-8-18(11)14(20)9-5-4-6-10(15)12(9)16/h4-6,11H,2-3,7-8,16H2,1H3,(H,17,19).